The number of ether oxygens (including phenoxy) is 1. The van der Waals surface area contributed by atoms with Crippen molar-refractivity contribution in [2.24, 2.45) is 0 Å². The minimum Gasteiger partial charge on any atom is -0.444 e. The molecule has 0 N–H and O–H groups in total. The van der Waals surface area contributed by atoms with E-state index in [4.69, 9.17) is 26.6 Å². The molecule has 0 saturated carbocycles. The summed E-state index contributed by atoms with van der Waals surface area (Å²) in [7, 11) is 0. The third-order valence-electron chi connectivity index (χ3n) is 5.08. The number of rotatable bonds is 3. The Hall–Kier alpha value is -3.16. The van der Waals surface area contributed by atoms with Gasteiger partial charge in [-0.2, -0.15) is 5.26 Å². The van der Waals surface area contributed by atoms with Crippen LogP contribution < -0.4 is 0 Å². The van der Waals surface area contributed by atoms with E-state index in [-0.39, 0.29) is 0 Å². The second kappa shape index (κ2) is 8.06. The van der Waals surface area contributed by atoms with Gasteiger partial charge in [-0.25, -0.2) is 9.78 Å². The summed E-state index contributed by atoms with van der Waals surface area (Å²) in [6.07, 6.45) is 3.73. The van der Waals surface area contributed by atoms with E-state index in [1.807, 2.05) is 54.6 Å². The van der Waals surface area contributed by atoms with Crippen molar-refractivity contribution in [2.45, 2.75) is 32.3 Å². The monoisotopic (exact) mass is 402 g/mol. The molecule has 0 saturated heterocycles. The van der Waals surface area contributed by atoms with E-state index in [1.165, 1.54) is 0 Å². The molecule has 1 heterocycles. The topological polar surface area (TPSA) is 63.0 Å². The van der Waals surface area contributed by atoms with Crippen LogP contribution in [0.25, 0.3) is 22.6 Å². The van der Waals surface area contributed by atoms with Crippen LogP contribution in [0.3, 0.4) is 0 Å². The zero-order chi connectivity index (χ0) is 20.4. The zero-order valence-electron chi connectivity index (χ0n) is 16.0. The first-order valence-corrected chi connectivity index (χ1v) is 9.94. The molecular formula is C24H19ClN2O2. The van der Waals surface area contributed by atoms with Gasteiger partial charge in [0.2, 0.25) is 0 Å². The Balaban J connectivity index is 1.92. The summed E-state index contributed by atoms with van der Waals surface area (Å²) in [6, 6.07) is 17.2. The molecule has 3 aromatic rings. The number of nitrogens with zero attached hydrogens (tertiary/aromatic N) is 2. The van der Waals surface area contributed by atoms with E-state index in [0.29, 0.717) is 10.6 Å². The Morgan fingerprint density at radius 1 is 1.21 bits per heavy atom. The average molecular weight is 403 g/mol. The molecule has 144 valence electrons. The first-order chi connectivity index (χ1) is 14.1. The number of nitriles is 1. The lowest BCUT2D eigenvalue weighted by Gasteiger charge is -2.22. The second-order valence-electron chi connectivity index (χ2n) is 7.05. The second-order valence-corrected chi connectivity index (χ2v) is 7.46. The van der Waals surface area contributed by atoms with Crippen molar-refractivity contribution < 1.29 is 9.53 Å². The molecule has 0 bridgehead atoms. The Labute approximate surface area is 174 Å². The summed E-state index contributed by atoms with van der Waals surface area (Å²) in [4.78, 5) is 17.9. The lowest BCUT2D eigenvalue weighted by atomic mass is 9.86. The molecule has 1 aliphatic rings. The lowest BCUT2D eigenvalue weighted by molar-refractivity contribution is 0.0436. The molecule has 1 aromatic heterocycles. The van der Waals surface area contributed by atoms with E-state index in [2.05, 4.69) is 6.08 Å². The van der Waals surface area contributed by atoms with Crippen LogP contribution in [0.5, 0.6) is 0 Å². The van der Waals surface area contributed by atoms with Gasteiger partial charge in [0, 0.05) is 10.4 Å². The number of allylic oxidation sites excluding steroid dienone is 1. The first kappa shape index (κ1) is 19.2. The summed E-state index contributed by atoms with van der Waals surface area (Å²) >= 11 is 6.35. The third-order valence-corrected chi connectivity index (χ3v) is 5.42. The highest BCUT2D eigenvalue weighted by Crippen LogP contribution is 2.37. The molecule has 1 atom stereocenters. The number of esters is 1. The van der Waals surface area contributed by atoms with Crippen LogP contribution in [0.2, 0.25) is 5.02 Å². The number of hydrogen-bond acceptors (Lipinski definition) is 4. The number of para-hydroxylation sites is 1. The maximum Gasteiger partial charge on any atom is 0.340 e. The van der Waals surface area contributed by atoms with Crippen molar-refractivity contribution in [1.29, 1.82) is 5.26 Å². The summed E-state index contributed by atoms with van der Waals surface area (Å²) in [6.45, 7) is 1.57. The number of pyridine rings is 1. The van der Waals surface area contributed by atoms with Crippen LogP contribution in [-0.2, 0) is 11.2 Å². The standard InChI is InChI=1S/C24H19ClN2O2/c1-15(14-26)29-24(28)22-18-9-3-5-12-21(18)27-23-17(8-6-10-19(22)23)13-16-7-2-4-11-20(16)25/h2-5,7,9,11-13,15H,6,8,10H2,1H3/b17-13+/t15-/m1/s1. The molecular weight excluding hydrogens is 384 g/mol. The number of halogens is 1. The molecule has 0 amide bonds. The van der Waals surface area contributed by atoms with E-state index >= 15 is 0 Å². The van der Waals surface area contributed by atoms with Crippen LogP contribution >= 0.6 is 11.6 Å². The Morgan fingerprint density at radius 3 is 2.76 bits per heavy atom. The molecule has 0 fully saturated rings. The van der Waals surface area contributed by atoms with Crippen molar-refractivity contribution >= 4 is 40.1 Å². The normalized spacial score (nSPS) is 15.6. The summed E-state index contributed by atoms with van der Waals surface area (Å²) in [5.74, 6) is -0.479. The minimum atomic E-state index is -0.813. The predicted octanol–water partition coefficient (Wildman–Crippen LogP) is 5.83. The highest BCUT2D eigenvalue weighted by Gasteiger charge is 2.26. The fourth-order valence-corrected chi connectivity index (χ4v) is 3.92. The maximum absolute atomic E-state index is 13.0. The molecule has 0 spiro atoms. The zero-order valence-corrected chi connectivity index (χ0v) is 16.7. The van der Waals surface area contributed by atoms with Crippen molar-refractivity contribution in [3.63, 3.8) is 0 Å². The van der Waals surface area contributed by atoms with E-state index in [0.717, 1.165) is 52.6 Å². The molecule has 0 unspecified atom stereocenters. The molecule has 1 aliphatic carbocycles. The smallest absolute Gasteiger partial charge is 0.340 e. The van der Waals surface area contributed by atoms with Crippen molar-refractivity contribution in [2.75, 3.05) is 0 Å². The minimum absolute atomic E-state index is 0.479. The van der Waals surface area contributed by atoms with Crippen LogP contribution in [0, 0.1) is 11.3 Å². The number of benzene rings is 2. The van der Waals surface area contributed by atoms with Gasteiger partial charge in [0.05, 0.1) is 16.8 Å². The van der Waals surface area contributed by atoms with Crippen molar-refractivity contribution in [3.8, 4) is 6.07 Å². The van der Waals surface area contributed by atoms with Crippen molar-refractivity contribution in [3.05, 3.63) is 75.9 Å². The average Bonchev–Trinajstić information content (AvgIpc) is 2.73. The Kier molecular flexibility index (Phi) is 5.33. The van der Waals surface area contributed by atoms with E-state index in [9.17, 15) is 4.79 Å². The number of carbonyl (C=O) groups is 1. The SMILES string of the molecule is C[C@H](C#N)OC(=O)c1c2c(nc3ccccc13)/C(=C/c1ccccc1Cl)CCC2. The van der Waals surface area contributed by atoms with Gasteiger partial charge < -0.3 is 4.74 Å². The van der Waals surface area contributed by atoms with Crippen LogP contribution in [0.15, 0.2) is 48.5 Å². The van der Waals surface area contributed by atoms with Gasteiger partial charge in [0.1, 0.15) is 6.07 Å². The number of hydrogen-bond donors (Lipinski definition) is 0. The molecule has 0 aliphatic heterocycles. The Bertz CT molecular complexity index is 1180. The quantitative estimate of drug-likeness (QED) is 0.516. The van der Waals surface area contributed by atoms with Gasteiger partial charge in [-0.1, -0.05) is 48.0 Å². The van der Waals surface area contributed by atoms with Gasteiger partial charge in [0.25, 0.3) is 0 Å². The number of carbonyl (C=O) groups excluding carboxylic acids is 1. The van der Waals surface area contributed by atoms with Crippen LogP contribution in [-0.4, -0.2) is 17.1 Å². The molecule has 5 heteroatoms. The fraction of sp³-hybridized carbons (Fsp3) is 0.208. The third kappa shape index (κ3) is 3.74. The van der Waals surface area contributed by atoms with Gasteiger partial charge in [-0.05, 0) is 61.1 Å². The summed E-state index contributed by atoms with van der Waals surface area (Å²) in [5, 5.41) is 10.5. The summed E-state index contributed by atoms with van der Waals surface area (Å²) in [5.41, 5.74) is 4.91. The van der Waals surface area contributed by atoms with Gasteiger partial charge >= 0.3 is 5.97 Å². The molecule has 2 aromatic carbocycles. The first-order valence-electron chi connectivity index (χ1n) is 9.56. The van der Waals surface area contributed by atoms with Crippen LogP contribution in [0.1, 0.15) is 46.9 Å². The molecule has 0 radical (unpaired) electrons. The largest absolute Gasteiger partial charge is 0.444 e. The molecule has 29 heavy (non-hydrogen) atoms. The van der Waals surface area contributed by atoms with Gasteiger partial charge in [0.15, 0.2) is 6.10 Å². The van der Waals surface area contributed by atoms with E-state index in [1.54, 1.807) is 6.92 Å². The Morgan fingerprint density at radius 2 is 1.97 bits per heavy atom. The fourth-order valence-electron chi connectivity index (χ4n) is 3.73. The van der Waals surface area contributed by atoms with Gasteiger partial charge in [-0.3, -0.25) is 0 Å². The number of aromatic nitrogens is 1. The molecule has 4 nitrogen and oxygen atoms in total. The summed E-state index contributed by atoms with van der Waals surface area (Å²) < 4.78 is 5.36. The molecule has 4 rings (SSSR count). The maximum atomic E-state index is 13.0. The highest BCUT2D eigenvalue weighted by atomic mass is 35.5. The number of fused-ring (bicyclic) bond motifs is 2. The van der Waals surface area contributed by atoms with E-state index < -0.39 is 12.1 Å². The lowest BCUT2D eigenvalue weighted by Crippen LogP contribution is -2.18. The van der Waals surface area contributed by atoms with Crippen LogP contribution in [0.4, 0.5) is 0 Å². The predicted molar refractivity (Wildman–Crippen MR) is 114 cm³/mol. The van der Waals surface area contributed by atoms with Gasteiger partial charge in [-0.15, -0.1) is 0 Å². The van der Waals surface area contributed by atoms with Crippen molar-refractivity contribution in [1.82, 2.24) is 4.98 Å². The highest BCUT2D eigenvalue weighted by molar-refractivity contribution is 6.32.